The molecular weight excluding hydrogens is 352 g/mol. The van der Waals surface area contributed by atoms with Crippen LogP contribution in [0, 0.1) is 13.8 Å². The van der Waals surface area contributed by atoms with E-state index in [1.54, 1.807) is 16.7 Å². The molecule has 0 aliphatic heterocycles. The minimum absolute atomic E-state index is 0.221. The fourth-order valence-electron chi connectivity index (χ4n) is 3.09. The van der Waals surface area contributed by atoms with Gasteiger partial charge in [0.2, 0.25) is 5.82 Å². The van der Waals surface area contributed by atoms with Crippen LogP contribution < -0.4 is 10.6 Å². The van der Waals surface area contributed by atoms with Crippen molar-refractivity contribution in [2.75, 3.05) is 11.9 Å². The molecule has 6 nitrogen and oxygen atoms in total. The summed E-state index contributed by atoms with van der Waals surface area (Å²) in [6.07, 6.45) is 4.82. The Balaban J connectivity index is 1.88. The standard InChI is InChI=1S/C22H26N4O2/c1-4-5-7-13-23-22(28)20-25-19(18-12-6-8-14-26(18)20)21(27)24-17-11-9-10-15(2)16(17)3/h6,8-12,14H,4-5,7,13H2,1-3H3,(H,23,28)(H,24,27). The quantitative estimate of drug-likeness (QED) is 0.607. The molecule has 0 saturated heterocycles. The van der Waals surface area contributed by atoms with Crippen molar-refractivity contribution in [3.63, 3.8) is 0 Å². The molecule has 2 aromatic heterocycles. The predicted molar refractivity (Wildman–Crippen MR) is 111 cm³/mol. The maximum atomic E-state index is 12.9. The summed E-state index contributed by atoms with van der Waals surface area (Å²) in [6.45, 7) is 6.67. The molecule has 1 aromatic carbocycles. The van der Waals surface area contributed by atoms with E-state index >= 15 is 0 Å². The highest BCUT2D eigenvalue weighted by Gasteiger charge is 2.21. The lowest BCUT2D eigenvalue weighted by atomic mass is 10.1. The molecule has 2 heterocycles. The van der Waals surface area contributed by atoms with E-state index in [2.05, 4.69) is 22.5 Å². The average molecular weight is 378 g/mol. The SMILES string of the molecule is CCCCCNC(=O)c1nc(C(=O)Nc2cccc(C)c2C)c2ccccn12. The molecular formula is C22H26N4O2. The van der Waals surface area contributed by atoms with Gasteiger partial charge in [0.05, 0.1) is 5.52 Å². The van der Waals surface area contributed by atoms with Gasteiger partial charge in [-0.2, -0.15) is 0 Å². The second-order valence-electron chi connectivity index (χ2n) is 6.90. The number of aryl methyl sites for hydroxylation is 1. The van der Waals surface area contributed by atoms with Gasteiger partial charge in [0.1, 0.15) is 0 Å². The second-order valence-corrected chi connectivity index (χ2v) is 6.90. The van der Waals surface area contributed by atoms with Crippen LogP contribution in [0.25, 0.3) is 5.52 Å². The molecule has 0 atom stereocenters. The molecule has 0 unspecified atom stereocenters. The zero-order valence-electron chi connectivity index (χ0n) is 16.6. The number of amides is 2. The van der Waals surface area contributed by atoms with Crippen molar-refractivity contribution in [2.45, 2.75) is 40.0 Å². The molecule has 0 aliphatic rings. The van der Waals surface area contributed by atoms with Gasteiger partial charge in [-0.25, -0.2) is 4.98 Å². The maximum absolute atomic E-state index is 12.9. The summed E-state index contributed by atoms with van der Waals surface area (Å²) >= 11 is 0. The van der Waals surface area contributed by atoms with E-state index in [0.29, 0.717) is 12.1 Å². The highest BCUT2D eigenvalue weighted by atomic mass is 16.2. The Morgan fingerprint density at radius 1 is 1.04 bits per heavy atom. The first-order chi connectivity index (χ1) is 13.5. The van der Waals surface area contributed by atoms with Gasteiger partial charge in [-0.05, 0) is 49.6 Å². The van der Waals surface area contributed by atoms with E-state index in [1.165, 1.54) is 0 Å². The summed E-state index contributed by atoms with van der Waals surface area (Å²) in [7, 11) is 0. The van der Waals surface area contributed by atoms with Crippen molar-refractivity contribution in [3.8, 4) is 0 Å². The van der Waals surface area contributed by atoms with Crippen molar-refractivity contribution in [1.82, 2.24) is 14.7 Å². The number of unbranched alkanes of at least 4 members (excludes halogenated alkanes) is 2. The van der Waals surface area contributed by atoms with E-state index in [-0.39, 0.29) is 23.3 Å². The van der Waals surface area contributed by atoms with Crippen molar-refractivity contribution in [1.29, 1.82) is 0 Å². The molecule has 0 radical (unpaired) electrons. The lowest BCUT2D eigenvalue weighted by Gasteiger charge is -2.09. The van der Waals surface area contributed by atoms with E-state index in [0.717, 1.165) is 36.1 Å². The summed E-state index contributed by atoms with van der Waals surface area (Å²) in [5, 5.41) is 5.82. The Morgan fingerprint density at radius 3 is 2.64 bits per heavy atom. The molecule has 0 aliphatic carbocycles. The first-order valence-electron chi connectivity index (χ1n) is 9.65. The largest absolute Gasteiger partial charge is 0.349 e. The van der Waals surface area contributed by atoms with Gasteiger partial charge in [0.15, 0.2) is 5.69 Å². The molecule has 0 fully saturated rings. The minimum atomic E-state index is -0.331. The number of hydrogen-bond acceptors (Lipinski definition) is 3. The van der Waals surface area contributed by atoms with Crippen molar-refractivity contribution in [3.05, 3.63) is 65.2 Å². The number of benzene rings is 1. The van der Waals surface area contributed by atoms with Crippen molar-refractivity contribution >= 4 is 23.0 Å². The molecule has 2 amide bonds. The summed E-state index contributed by atoms with van der Waals surface area (Å²) in [4.78, 5) is 29.9. The topological polar surface area (TPSA) is 75.5 Å². The Bertz CT molecular complexity index is 1010. The summed E-state index contributed by atoms with van der Waals surface area (Å²) in [5.74, 6) is -0.385. The van der Waals surface area contributed by atoms with Crippen molar-refractivity contribution in [2.24, 2.45) is 0 Å². The number of nitrogens with one attached hydrogen (secondary N) is 2. The molecule has 2 N–H and O–H groups in total. The predicted octanol–water partition coefficient (Wildman–Crippen LogP) is 4.12. The third-order valence-corrected chi connectivity index (χ3v) is 4.89. The van der Waals surface area contributed by atoms with Gasteiger partial charge in [0, 0.05) is 18.4 Å². The van der Waals surface area contributed by atoms with Gasteiger partial charge in [-0.1, -0.05) is 38.0 Å². The number of hydrogen-bond donors (Lipinski definition) is 2. The van der Waals surface area contributed by atoms with Gasteiger partial charge < -0.3 is 10.6 Å². The number of rotatable bonds is 7. The average Bonchev–Trinajstić information content (AvgIpc) is 3.08. The second kappa shape index (κ2) is 8.69. The Morgan fingerprint density at radius 2 is 1.86 bits per heavy atom. The molecule has 0 bridgehead atoms. The van der Waals surface area contributed by atoms with E-state index in [4.69, 9.17) is 0 Å². The third kappa shape index (κ3) is 4.06. The van der Waals surface area contributed by atoms with E-state index < -0.39 is 0 Å². The van der Waals surface area contributed by atoms with Crippen LogP contribution in [0.4, 0.5) is 5.69 Å². The number of nitrogens with zero attached hydrogens (tertiary/aromatic N) is 2. The van der Waals surface area contributed by atoms with Crippen LogP contribution >= 0.6 is 0 Å². The minimum Gasteiger partial charge on any atom is -0.349 e. The van der Waals surface area contributed by atoms with E-state index in [1.807, 2.05) is 44.2 Å². The summed E-state index contributed by atoms with van der Waals surface area (Å²) in [5.41, 5.74) is 3.68. The normalized spacial score (nSPS) is 10.8. The first-order valence-corrected chi connectivity index (χ1v) is 9.65. The fraction of sp³-hybridized carbons (Fsp3) is 0.318. The van der Waals surface area contributed by atoms with Gasteiger partial charge in [-0.3, -0.25) is 14.0 Å². The van der Waals surface area contributed by atoms with Crippen LogP contribution in [0.1, 0.15) is 58.4 Å². The summed E-state index contributed by atoms with van der Waals surface area (Å²) in [6, 6.07) is 11.2. The maximum Gasteiger partial charge on any atom is 0.287 e. The van der Waals surface area contributed by atoms with E-state index in [9.17, 15) is 9.59 Å². The lowest BCUT2D eigenvalue weighted by Crippen LogP contribution is -2.26. The molecule has 6 heteroatoms. The van der Waals surface area contributed by atoms with Crippen molar-refractivity contribution < 1.29 is 9.59 Å². The molecule has 0 spiro atoms. The molecule has 3 aromatic rings. The number of imidazole rings is 1. The van der Waals surface area contributed by atoms with Crippen LogP contribution in [-0.2, 0) is 0 Å². The van der Waals surface area contributed by atoms with Gasteiger partial charge in [0.25, 0.3) is 11.8 Å². The number of pyridine rings is 1. The number of aromatic nitrogens is 2. The Labute approximate surface area is 165 Å². The fourth-order valence-corrected chi connectivity index (χ4v) is 3.09. The zero-order chi connectivity index (χ0) is 20.1. The highest BCUT2D eigenvalue weighted by molar-refractivity contribution is 6.09. The van der Waals surface area contributed by atoms with Crippen LogP contribution in [0.5, 0.6) is 0 Å². The first kappa shape index (κ1) is 19.6. The third-order valence-electron chi connectivity index (χ3n) is 4.89. The monoisotopic (exact) mass is 378 g/mol. The smallest absolute Gasteiger partial charge is 0.287 e. The number of anilines is 1. The molecule has 3 rings (SSSR count). The van der Waals surface area contributed by atoms with Crippen LogP contribution in [0.2, 0.25) is 0 Å². The summed E-state index contributed by atoms with van der Waals surface area (Å²) < 4.78 is 1.66. The number of fused-ring (bicyclic) bond motifs is 1. The Hall–Kier alpha value is -3.15. The Kier molecular flexibility index (Phi) is 6.09. The highest BCUT2D eigenvalue weighted by Crippen LogP contribution is 2.20. The van der Waals surface area contributed by atoms with Gasteiger partial charge in [-0.15, -0.1) is 0 Å². The van der Waals surface area contributed by atoms with Crippen LogP contribution in [0.3, 0.4) is 0 Å². The van der Waals surface area contributed by atoms with Crippen LogP contribution in [-0.4, -0.2) is 27.7 Å². The number of carbonyl (C=O) groups is 2. The number of carbonyl (C=O) groups excluding carboxylic acids is 2. The van der Waals surface area contributed by atoms with Gasteiger partial charge >= 0.3 is 0 Å². The lowest BCUT2D eigenvalue weighted by molar-refractivity contribution is 0.0942. The molecule has 146 valence electrons. The molecule has 28 heavy (non-hydrogen) atoms. The molecule has 0 saturated carbocycles. The van der Waals surface area contributed by atoms with Crippen LogP contribution in [0.15, 0.2) is 42.6 Å². The zero-order valence-corrected chi connectivity index (χ0v) is 16.6.